The third-order valence-corrected chi connectivity index (χ3v) is 3.28. The lowest BCUT2D eigenvalue weighted by molar-refractivity contribution is 0.0694. The summed E-state index contributed by atoms with van der Waals surface area (Å²) in [5, 5.41) is 9.17. The van der Waals surface area contributed by atoms with E-state index in [-0.39, 0.29) is 5.56 Å². The Morgan fingerprint density at radius 1 is 1.19 bits per heavy atom. The Balaban J connectivity index is 2.32. The molecule has 0 aliphatic carbocycles. The van der Waals surface area contributed by atoms with Crippen LogP contribution in [-0.4, -0.2) is 21.0 Å². The standard InChI is InChI=1S/C17H20N2O2/c1-4-5-15-14(17(20)21)10-18-16(19-15)9-13-7-11(2)6-12(3)8-13/h6-8,10H,4-5,9H2,1-3H3,(H,20,21). The van der Waals surface area contributed by atoms with Crippen LogP contribution in [0.15, 0.2) is 24.4 Å². The largest absolute Gasteiger partial charge is 0.478 e. The highest BCUT2D eigenvalue weighted by Crippen LogP contribution is 2.14. The first-order valence-electron chi connectivity index (χ1n) is 7.15. The molecule has 0 saturated heterocycles. The first-order chi connectivity index (χ1) is 9.99. The molecule has 1 heterocycles. The van der Waals surface area contributed by atoms with E-state index in [1.54, 1.807) is 0 Å². The van der Waals surface area contributed by atoms with Gasteiger partial charge in [0.25, 0.3) is 0 Å². The van der Waals surface area contributed by atoms with Crippen LogP contribution in [0.4, 0.5) is 0 Å². The van der Waals surface area contributed by atoms with Gasteiger partial charge in [-0.05, 0) is 25.8 Å². The summed E-state index contributed by atoms with van der Waals surface area (Å²) < 4.78 is 0. The van der Waals surface area contributed by atoms with E-state index in [0.29, 0.717) is 24.4 Å². The van der Waals surface area contributed by atoms with E-state index < -0.39 is 5.97 Å². The second-order valence-corrected chi connectivity index (χ2v) is 5.37. The number of aromatic nitrogens is 2. The monoisotopic (exact) mass is 284 g/mol. The fourth-order valence-electron chi connectivity index (χ4n) is 2.50. The summed E-state index contributed by atoms with van der Waals surface area (Å²) >= 11 is 0. The number of nitrogens with zero attached hydrogens (tertiary/aromatic N) is 2. The van der Waals surface area contributed by atoms with Crippen molar-refractivity contribution in [2.75, 3.05) is 0 Å². The molecule has 2 rings (SSSR count). The molecule has 0 atom stereocenters. The van der Waals surface area contributed by atoms with Crippen LogP contribution >= 0.6 is 0 Å². The Morgan fingerprint density at radius 2 is 1.86 bits per heavy atom. The maximum Gasteiger partial charge on any atom is 0.339 e. The van der Waals surface area contributed by atoms with Crippen molar-refractivity contribution in [3.63, 3.8) is 0 Å². The predicted octanol–water partition coefficient (Wildman–Crippen LogP) is 3.33. The van der Waals surface area contributed by atoms with Crippen molar-refractivity contribution in [1.29, 1.82) is 0 Å². The minimum absolute atomic E-state index is 0.209. The summed E-state index contributed by atoms with van der Waals surface area (Å²) in [5.74, 6) is -0.287. The summed E-state index contributed by atoms with van der Waals surface area (Å²) in [7, 11) is 0. The number of aryl methyl sites for hydroxylation is 3. The third kappa shape index (κ3) is 3.88. The average molecular weight is 284 g/mol. The molecule has 0 saturated carbocycles. The Kier molecular flexibility index (Phi) is 4.68. The number of carboxylic acids is 1. The number of hydrogen-bond donors (Lipinski definition) is 1. The fourth-order valence-corrected chi connectivity index (χ4v) is 2.50. The lowest BCUT2D eigenvalue weighted by Crippen LogP contribution is -2.09. The molecule has 4 heteroatoms. The Morgan fingerprint density at radius 3 is 2.43 bits per heavy atom. The molecule has 0 aliphatic heterocycles. The quantitative estimate of drug-likeness (QED) is 0.914. The summed E-state index contributed by atoms with van der Waals surface area (Å²) in [6.45, 7) is 6.14. The zero-order chi connectivity index (χ0) is 15.4. The zero-order valence-corrected chi connectivity index (χ0v) is 12.7. The highest BCUT2D eigenvalue weighted by atomic mass is 16.4. The molecule has 0 amide bonds. The van der Waals surface area contributed by atoms with Gasteiger partial charge >= 0.3 is 5.97 Å². The van der Waals surface area contributed by atoms with Gasteiger partial charge in [-0.25, -0.2) is 14.8 Å². The van der Waals surface area contributed by atoms with Gasteiger partial charge in [0.05, 0.1) is 11.3 Å². The number of hydrogen-bond acceptors (Lipinski definition) is 3. The second kappa shape index (κ2) is 6.48. The molecule has 21 heavy (non-hydrogen) atoms. The lowest BCUT2D eigenvalue weighted by atomic mass is 10.0. The van der Waals surface area contributed by atoms with Crippen LogP contribution in [0, 0.1) is 13.8 Å². The van der Waals surface area contributed by atoms with Crippen molar-refractivity contribution >= 4 is 5.97 Å². The molecule has 0 fully saturated rings. The first kappa shape index (κ1) is 15.2. The number of aromatic carboxylic acids is 1. The van der Waals surface area contributed by atoms with Gasteiger partial charge in [0.15, 0.2) is 0 Å². The molecule has 0 aliphatic rings. The molecule has 0 unspecified atom stereocenters. The van der Waals surface area contributed by atoms with E-state index in [9.17, 15) is 4.79 Å². The third-order valence-electron chi connectivity index (χ3n) is 3.28. The van der Waals surface area contributed by atoms with E-state index in [1.165, 1.54) is 17.3 Å². The van der Waals surface area contributed by atoms with Gasteiger partial charge in [-0.2, -0.15) is 0 Å². The van der Waals surface area contributed by atoms with Gasteiger partial charge < -0.3 is 5.11 Å². The number of rotatable bonds is 5. The van der Waals surface area contributed by atoms with Crippen LogP contribution < -0.4 is 0 Å². The predicted molar refractivity (Wildman–Crippen MR) is 81.7 cm³/mol. The van der Waals surface area contributed by atoms with Gasteiger partial charge in [0.1, 0.15) is 5.82 Å². The number of carboxylic acid groups (broad SMARTS) is 1. The molecule has 0 radical (unpaired) electrons. The molecule has 4 nitrogen and oxygen atoms in total. The minimum Gasteiger partial charge on any atom is -0.478 e. The molecule has 1 aromatic heterocycles. The van der Waals surface area contributed by atoms with Crippen molar-refractivity contribution in [3.05, 3.63) is 58.2 Å². The molecule has 0 bridgehead atoms. The van der Waals surface area contributed by atoms with Crippen LogP contribution in [0.3, 0.4) is 0 Å². The summed E-state index contributed by atoms with van der Waals surface area (Å²) in [6, 6.07) is 6.35. The van der Waals surface area contributed by atoms with Crippen molar-refractivity contribution in [2.45, 2.75) is 40.0 Å². The van der Waals surface area contributed by atoms with Crippen LogP contribution in [-0.2, 0) is 12.8 Å². The van der Waals surface area contributed by atoms with E-state index >= 15 is 0 Å². The van der Waals surface area contributed by atoms with Crippen LogP contribution in [0.1, 0.15) is 51.9 Å². The molecule has 2 aromatic rings. The normalized spacial score (nSPS) is 10.6. The summed E-state index contributed by atoms with van der Waals surface area (Å²) in [6.07, 6.45) is 3.57. The van der Waals surface area contributed by atoms with Crippen LogP contribution in [0.25, 0.3) is 0 Å². The molecule has 0 spiro atoms. The summed E-state index contributed by atoms with van der Waals surface area (Å²) in [5.41, 5.74) is 4.40. The van der Waals surface area contributed by atoms with E-state index in [4.69, 9.17) is 5.11 Å². The van der Waals surface area contributed by atoms with E-state index in [0.717, 1.165) is 12.0 Å². The summed E-state index contributed by atoms with van der Waals surface area (Å²) in [4.78, 5) is 19.8. The molecule has 1 aromatic carbocycles. The van der Waals surface area contributed by atoms with Crippen molar-refractivity contribution in [3.8, 4) is 0 Å². The van der Waals surface area contributed by atoms with Crippen molar-refractivity contribution < 1.29 is 9.90 Å². The van der Waals surface area contributed by atoms with Crippen LogP contribution in [0.2, 0.25) is 0 Å². The van der Waals surface area contributed by atoms with Gasteiger partial charge in [-0.1, -0.05) is 42.7 Å². The Bertz CT molecular complexity index is 646. The Labute approximate surface area is 124 Å². The zero-order valence-electron chi connectivity index (χ0n) is 12.7. The SMILES string of the molecule is CCCc1nc(Cc2cc(C)cc(C)c2)ncc1C(=O)O. The van der Waals surface area contributed by atoms with Gasteiger partial charge in [0, 0.05) is 12.6 Å². The van der Waals surface area contributed by atoms with E-state index in [1.807, 2.05) is 6.92 Å². The van der Waals surface area contributed by atoms with Crippen LogP contribution in [0.5, 0.6) is 0 Å². The maximum absolute atomic E-state index is 11.2. The fraction of sp³-hybridized carbons (Fsp3) is 0.353. The van der Waals surface area contributed by atoms with Crippen molar-refractivity contribution in [1.82, 2.24) is 9.97 Å². The smallest absolute Gasteiger partial charge is 0.339 e. The van der Waals surface area contributed by atoms with Gasteiger partial charge in [0.2, 0.25) is 0 Å². The molecular weight excluding hydrogens is 264 g/mol. The molecule has 110 valence electrons. The highest BCUT2D eigenvalue weighted by molar-refractivity contribution is 5.88. The average Bonchev–Trinajstić information content (AvgIpc) is 2.37. The second-order valence-electron chi connectivity index (χ2n) is 5.37. The number of benzene rings is 1. The lowest BCUT2D eigenvalue weighted by Gasteiger charge is -2.08. The first-order valence-corrected chi connectivity index (χ1v) is 7.15. The van der Waals surface area contributed by atoms with Gasteiger partial charge in [-0.3, -0.25) is 0 Å². The maximum atomic E-state index is 11.2. The highest BCUT2D eigenvalue weighted by Gasteiger charge is 2.13. The topological polar surface area (TPSA) is 63.1 Å². The number of carbonyl (C=O) groups is 1. The molecular formula is C17H20N2O2. The van der Waals surface area contributed by atoms with Gasteiger partial charge in [-0.15, -0.1) is 0 Å². The van der Waals surface area contributed by atoms with E-state index in [2.05, 4.69) is 42.0 Å². The minimum atomic E-state index is -0.962. The Hall–Kier alpha value is -2.23. The molecule has 1 N–H and O–H groups in total. The van der Waals surface area contributed by atoms with Crippen molar-refractivity contribution in [2.24, 2.45) is 0 Å².